The van der Waals surface area contributed by atoms with Crippen LogP contribution in [0.3, 0.4) is 0 Å². The summed E-state index contributed by atoms with van der Waals surface area (Å²) in [6.45, 7) is 8.23. The van der Waals surface area contributed by atoms with Crippen LogP contribution in [0, 0.1) is 0 Å². The van der Waals surface area contributed by atoms with Crippen LogP contribution in [0.5, 0.6) is 0 Å². The maximum absolute atomic E-state index is 6.22. The quantitative estimate of drug-likeness (QED) is 0.770. The molecule has 0 spiro atoms. The molecule has 0 amide bonds. The minimum Gasteiger partial charge on any atom is -0.311 e. The molecular weight excluding hydrogens is 292 g/mol. The van der Waals surface area contributed by atoms with Crippen LogP contribution in [0.25, 0.3) is 0 Å². The number of rotatable bonds is 8. The van der Waals surface area contributed by atoms with Crippen molar-refractivity contribution < 1.29 is 0 Å². The Morgan fingerprint density at radius 2 is 1.59 bits per heavy atom. The molecule has 0 aromatic heterocycles. The highest BCUT2D eigenvalue weighted by Crippen LogP contribution is 2.20. The van der Waals surface area contributed by atoms with Crippen LogP contribution in [-0.4, -0.2) is 24.5 Å². The fraction of sp³-hybridized carbons (Fsp3) is 0.368. The summed E-state index contributed by atoms with van der Waals surface area (Å²) in [6.07, 6.45) is 0. The molecule has 1 atom stereocenters. The molecular formula is C19H25ClN2. The van der Waals surface area contributed by atoms with Gasteiger partial charge in [-0.3, -0.25) is 4.90 Å². The lowest BCUT2D eigenvalue weighted by molar-refractivity contribution is 0.213. The van der Waals surface area contributed by atoms with Crippen LogP contribution in [0.2, 0.25) is 5.02 Å². The van der Waals surface area contributed by atoms with Gasteiger partial charge in [0.2, 0.25) is 0 Å². The molecule has 1 N–H and O–H groups in total. The SMILES string of the molecule is CCN(CC)C(CNCc1ccccc1Cl)c1ccccc1. The summed E-state index contributed by atoms with van der Waals surface area (Å²) >= 11 is 6.22. The van der Waals surface area contributed by atoms with Crippen molar-refractivity contribution in [1.29, 1.82) is 0 Å². The van der Waals surface area contributed by atoms with Crippen LogP contribution in [0.15, 0.2) is 54.6 Å². The Labute approximate surface area is 139 Å². The average Bonchev–Trinajstić information content (AvgIpc) is 2.57. The van der Waals surface area contributed by atoms with Gasteiger partial charge in [-0.15, -0.1) is 0 Å². The fourth-order valence-electron chi connectivity index (χ4n) is 2.78. The average molecular weight is 317 g/mol. The number of nitrogens with one attached hydrogen (secondary N) is 1. The van der Waals surface area contributed by atoms with Gasteiger partial charge in [0.25, 0.3) is 0 Å². The molecule has 0 aliphatic heterocycles. The molecule has 1 unspecified atom stereocenters. The van der Waals surface area contributed by atoms with E-state index in [0.29, 0.717) is 6.04 Å². The number of hydrogen-bond acceptors (Lipinski definition) is 2. The number of hydrogen-bond donors (Lipinski definition) is 1. The Morgan fingerprint density at radius 1 is 0.955 bits per heavy atom. The van der Waals surface area contributed by atoms with Crippen molar-refractivity contribution >= 4 is 11.6 Å². The number of halogens is 1. The third-order valence-corrected chi connectivity index (χ3v) is 4.42. The largest absolute Gasteiger partial charge is 0.311 e. The van der Waals surface area contributed by atoms with Crippen molar-refractivity contribution in [3.8, 4) is 0 Å². The summed E-state index contributed by atoms with van der Waals surface area (Å²) in [5, 5.41) is 4.39. The highest BCUT2D eigenvalue weighted by molar-refractivity contribution is 6.31. The first-order chi connectivity index (χ1) is 10.8. The van der Waals surface area contributed by atoms with E-state index in [9.17, 15) is 0 Å². The topological polar surface area (TPSA) is 15.3 Å². The van der Waals surface area contributed by atoms with Gasteiger partial charge in [-0.2, -0.15) is 0 Å². The molecule has 0 heterocycles. The molecule has 0 radical (unpaired) electrons. The Bertz CT molecular complexity index is 552. The Morgan fingerprint density at radius 3 is 2.23 bits per heavy atom. The van der Waals surface area contributed by atoms with E-state index in [-0.39, 0.29) is 0 Å². The number of benzene rings is 2. The normalized spacial score (nSPS) is 12.5. The molecule has 22 heavy (non-hydrogen) atoms. The second-order valence-electron chi connectivity index (χ2n) is 5.37. The first-order valence-corrected chi connectivity index (χ1v) is 8.37. The predicted octanol–water partition coefficient (Wildman–Crippen LogP) is 4.51. The Hall–Kier alpha value is -1.35. The Kier molecular flexibility index (Phi) is 6.91. The summed E-state index contributed by atoms with van der Waals surface area (Å²) in [5.74, 6) is 0. The van der Waals surface area contributed by atoms with Crippen molar-refractivity contribution in [3.05, 3.63) is 70.7 Å². The molecule has 0 aliphatic carbocycles. The lowest BCUT2D eigenvalue weighted by Gasteiger charge is -2.30. The first-order valence-electron chi connectivity index (χ1n) is 7.99. The van der Waals surface area contributed by atoms with Gasteiger partial charge in [0.05, 0.1) is 0 Å². The molecule has 0 saturated heterocycles. The molecule has 2 aromatic rings. The molecule has 0 fully saturated rings. The highest BCUT2D eigenvalue weighted by Gasteiger charge is 2.17. The molecule has 2 nitrogen and oxygen atoms in total. The maximum Gasteiger partial charge on any atom is 0.0472 e. The summed E-state index contributed by atoms with van der Waals surface area (Å²) in [4.78, 5) is 2.48. The predicted molar refractivity (Wildman–Crippen MR) is 95.3 cm³/mol. The van der Waals surface area contributed by atoms with Gasteiger partial charge in [0.1, 0.15) is 0 Å². The van der Waals surface area contributed by atoms with E-state index in [1.165, 1.54) is 5.56 Å². The summed E-state index contributed by atoms with van der Waals surface area (Å²) in [6, 6.07) is 19.1. The lowest BCUT2D eigenvalue weighted by Crippen LogP contribution is -2.35. The van der Waals surface area contributed by atoms with E-state index >= 15 is 0 Å². The van der Waals surface area contributed by atoms with E-state index in [1.54, 1.807) is 0 Å². The van der Waals surface area contributed by atoms with Crippen molar-refractivity contribution in [2.45, 2.75) is 26.4 Å². The van der Waals surface area contributed by atoms with Crippen LogP contribution in [-0.2, 0) is 6.54 Å². The molecule has 118 valence electrons. The van der Waals surface area contributed by atoms with Crippen LogP contribution in [0.4, 0.5) is 0 Å². The minimum atomic E-state index is 0.388. The molecule has 0 bridgehead atoms. The molecule has 2 rings (SSSR count). The van der Waals surface area contributed by atoms with Crippen molar-refractivity contribution in [2.75, 3.05) is 19.6 Å². The second kappa shape index (κ2) is 8.94. The van der Waals surface area contributed by atoms with E-state index in [2.05, 4.69) is 60.5 Å². The fourth-order valence-corrected chi connectivity index (χ4v) is 2.99. The Balaban J connectivity index is 2.03. The van der Waals surface area contributed by atoms with E-state index in [0.717, 1.165) is 36.8 Å². The van der Waals surface area contributed by atoms with Crippen LogP contribution in [0.1, 0.15) is 31.0 Å². The van der Waals surface area contributed by atoms with Crippen molar-refractivity contribution in [1.82, 2.24) is 10.2 Å². The zero-order valence-electron chi connectivity index (χ0n) is 13.4. The van der Waals surface area contributed by atoms with Gasteiger partial charge < -0.3 is 5.32 Å². The van der Waals surface area contributed by atoms with Crippen molar-refractivity contribution in [3.63, 3.8) is 0 Å². The highest BCUT2D eigenvalue weighted by atomic mass is 35.5. The maximum atomic E-state index is 6.22. The zero-order chi connectivity index (χ0) is 15.8. The summed E-state index contributed by atoms with van der Waals surface area (Å²) in [7, 11) is 0. The van der Waals surface area contributed by atoms with Gasteiger partial charge in [-0.25, -0.2) is 0 Å². The van der Waals surface area contributed by atoms with Gasteiger partial charge in [-0.1, -0.05) is 74.0 Å². The molecule has 3 heteroatoms. The van der Waals surface area contributed by atoms with Crippen molar-refractivity contribution in [2.24, 2.45) is 0 Å². The summed E-state index contributed by atoms with van der Waals surface area (Å²) < 4.78 is 0. The smallest absolute Gasteiger partial charge is 0.0472 e. The van der Waals surface area contributed by atoms with Crippen LogP contribution >= 0.6 is 11.6 Å². The number of nitrogens with zero attached hydrogens (tertiary/aromatic N) is 1. The molecule has 0 saturated carbocycles. The third kappa shape index (κ3) is 4.57. The summed E-state index contributed by atoms with van der Waals surface area (Å²) in [5.41, 5.74) is 2.51. The van der Waals surface area contributed by atoms with Gasteiger partial charge in [-0.05, 0) is 30.3 Å². The zero-order valence-corrected chi connectivity index (χ0v) is 14.2. The van der Waals surface area contributed by atoms with Gasteiger partial charge >= 0.3 is 0 Å². The third-order valence-electron chi connectivity index (χ3n) is 4.05. The van der Waals surface area contributed by atoms with E-state index < -0.39 is 0 Å². The first kappa shape index (κ1) is 17.0. The van der Waals surface area contributed by atoms with Crippen LogP contribution < -0.4 is 5.32 Å². The minimum absolute atomic E-state index is 0.388. The molecule has 0 aliphatic rings. The monoisotopic (exact) mass is 316 g/mol. The standard InChI is InChI=1S/C19H25ClN2/c1-3-22(4-2)19(16-10-6-5-7-11-16)15-21-14-17-12-8-9-13-18(17)20/h5-13,19,21H,3-4,14-15H2,1-2H3. The molecule has 2 aromatic carbocycles. The van der Waals surface area contributed by atoms with Gasteiger partial charge in [0.15, 0.2) is 0 Å². The second-order valence-corrected chi connectivity index (χ2v) is 5.78. The lowest BCUT2D eigenvalue weighted by atomic mass is 10.0. The van der Waals surface area contributed by atoms with Gasteiger partial charge in [0, 0.05) is 24.2 Å². The number of likely N-dealkylation sites (N-methyl/N-ethyl adjacent to an activating group) is 1. The van der Waals surface area contributed by atoms with E-state index in [4.69, 9.17) is 11.6 Å². The van der Waals surface area contributed by atoms with E-state index in [1.807, 2.05) is 18.2 Å².